The minimum atomic E-state index is 0.212. The normalized spacial score (nSPS) is 13.5. The van der Waals surface area contributed by atoms with Gasteiger partial charge in [-0.2, -0.15) is 5.26 Å². The standard InChI is InChI=1S/C17H18N2/c1-13(16-8-4-3-5-9-16)19-14(2)17-10-6-7-15(11-17)12-18/h3-11,13-14,19H,1-2H3/t13-,14?/m0/s1. The molecule has 0 aromatic heterocycles. The molecule has 0 bridgehead atoms. The SMILES string of the molecule is CC(N[C@@H](C)c1ccccc1)c1cccc(C#N)c1. The van der Waals surface area contributed by atoms with E-state index >= 15 is 0 Å². The summed E-state index contributed by atoms with van der Waals surface area (Å²) in [7, 11) is 0. The second kappa shape index (κ2) is 6.17. The van der Waals surface area contributed by atoms with Gasteiger partial charge in [-0.05, 0) is 37.1 Å². The van der Waals surface area contributed by atoms with Crippen LogP contribution in [0, 0.1) is 11.3 Å². The first-order chi connectivity index (χ1) is 9.20. The molecule has 0 saturated carbocycles. The van der Waals surface area contributed by atoms with Crippen LogP contribution >= 0.6 is 0 Å². The van der Waals surface area contributed by atoms with Gasteiger partial charge in [-0.25, -0.2) is 0 Å². The van der Waals surface area contributed by atoms with Crippen LogP contribution in [0.4, 0.5) is 0 Å². The molecule has 2 aromatic carbocycles. The fraction of sp³-hybridized carbons (Fsp3) is 0.235. The molecule has 2 aromatic rings. The number of hydrogen-bond donors (Lipinski definition) is 1. The van der Waals surface area contributed by atoms with Crippen molar-refractivity contribution >= 4 is 0 Å². The van der Waals surface area contributed by atoms with Crippen molar-refractivity contribution in [3.63, 3.8) is 0 Å². The maximum Gasteiger partial charge on any atom is 0.0991 e. The molecular weight excluding hydrogens is 232 g/mol. The molecule has 0 spiro atoms. The highest BCUT2D eigenvalue weighted by Gasteiger charge is 2.11. The number of nitrogens with one attached hydrogen (secondary N) is 1. The minimum absolute atomic E-state index is 0.212. The highest BCUT2D eigenvalue weighted by atomic mass is 14.9. The first-order valence-electron chi connectivity index (χ1n) is 6.52. The van der Waals surface area contributed by atoms with Crippen molar-refractivity contribution in [3.8, 4) is 6.07 Å². The van der Waals surface area contributed by atoms with Crippen molar-refractivity contribution in [1.82, 2.24) is 5.32 Å². The van der Waals surface area contributed by atoms with Crippen molar-refractivity contribution in [2.45, 2.75) is 25.9 Å². The fourth-order valence-corrected chi connectivity index (χ4v) is 2.19. The van der Waals surface area contributed by atoms with Gasteiger partial charge in [0.15, 0.2) is 0 Å². The second-order valence-electron chi connectivity index (χ2n) is 4.76. The first kappa shape index (κ1) is 13.3. The lowest BCUT2D eigenvalue weighted by Gasteiger charge is -2.21. The molecule has 96 valence electrons. The van der Waals surface area contributed by atoms with Crippen LogP contribution in [-0.4, -0.2) is 0 Å². The van der Waals surface area contributed by atoms with E-state index in [1.807, 2.05) is 24.3 Å². The topological polar surface area (TPSA) is 35.8 Å². The van der Waals surface area contributed by atoms with Crippen LogP contribution in [0.15, 0.2) is 54.6 Å². The molecule has 1 N–H and O–H groups in total. The number of nitrogens with zero attached hydrogens (tertiary/aromatic N) is 1. The Morgan fingerprint density at radius 2 is 1.53 bits per heavy atom. The Hall–Kier alpha value is -2.11. The molecule has 0 aliphatic carbocycles. The van der Waals surface area contributed by atoms with E-state index in [1.54, 1.807) is 0 Å². The second-order valence-corrected chi connectivity index (χ2v) is 4.76. The molecule has 0 fully saturated rings. The number of hydrogen-bond acceptors (Lipinski definition) is 2. The summed E-state index contributed by atoms with van der Waals surface area (Å²) in [6.07, 6.45) is 0. The summed E-state index contributed by atoms with van der Waals surface area (Å²) in [6.45, 7) is 4.27. The van der Waals surface area contributed by atoms with E-state index < -0.39 is 0 Å². The summed E-state index contributed by atoms with van der Waals surface area (Å²) < 4.78 is 0. The van der Waals surface area contributed by atoms with E-state index in [0.29, 0.717) is 5.56 Å². The molecule has 0 radical (unpaired) electrons. The maximum atomic E-state index is 8.93. The van der Waals surface area contributed by atoms with E-state index in [1.165, 1.54) is 5.56 Å². The van der Waals surface area contributed by atoms with Gasteiger partial charge in [-0.1, -0.05) is 42.5 Å². The van der Waals surface area contributed by atoms with Gasteiger partial charge in [0, 0.05) is 12.1 Å². The third-order valence-electron chi connectivity index (χ3n) is 3.32. The molecule has 0 saturated heterocycles. The predicted molar refractivity (Wildman–Crippen MR) is 77.6 cm³/mol. The van der Waals surface area contributed by atoms with E-state index in [4.69, 9.17) is 5.26 Å². The van der Waals surface area contributed by atoms with Gasteiger partial charge in [-0.15, -0.1) is 0 Å². The molecule has 0 amide bonds. The van der Waals surface area contributed by atoms with Gasteiger partial charge in [0.05, 0.1) is 11.6 Å². The average Bonchev–Trinajstić information content (AvgIpc) is 2.48. The minimum Gasteiger partial charge on any atom is -0.304 e. The fourth-order valence-electron chi connectivity index (χ4n) is 2.19. The highest BCUT2D eigenvalue weighted by molar-refractivity contribution is 5.34. The van der Waals surface area contributed by atoms with Crippen LogP contribution in [-0.2, 0) is 0 Å². The van der Waals surface area contributed by atoms with Crippen LogP contribution in [0.2, 0.25) is 0 Å². The van der Waals surface area contributed by atoms with Crippen LogP contribution in [0.1, 0.15) is 42.6 Å². The Morgan fingerprint density at radius 1 is 0.895 bits per heavy atom. The van der Waals surface area contributed by atoms with E-state index in [9.17, 15) is 0 Å². The zero-order valence-corrected chi connectivity index (χ0v) is 11.3. The van der Waals surface area contributed by atoms with Gasteiger partial charge in [0.1, 0.15) is 0 Å². The summed E-state index contributed by atoms with van der Waals surface area (Å²) in [5, 5.41) is 12.5. The summed E-state index contributed by atoms with van der Waals surface area (Å²) in [5.74, 6) is 0. The lowest BCUT2D eigenvalue weighted by molar-refractivity contribution is 0.494. The van der Waals surface area contributed by atoms with Crippen LogP contribution < -0.4 is 5.32 Å². The third kappa shape index (κ3) is 3.43. The lowest BCUT2D eigenvalue weighted by Crippen LogP contribution is -2.22. The van der Waals surface area contributed by atoms with Gasteiger partial charge in [0.25, 0.3) is 0 Å². The quantitative estimate of drug-likeness (QED) is 0.891. The Morgan fingerprint density at radius 3 is 2.21 bits per heavy atom. The Bertz CT molecular complexity index is 569. The van der Waals surface area contributed by atoms with Crippen LogP contribution in [0.5, 0.6) is 0 Å². The first-order valence-corrected chi connectivity index (χ1v) is 6.52. The van der Waals surface area contributed by atoms with Crippen LogP contribution in [0.25, 0.3) is 0 Å². The molecule has 2 heteroatoms. The van der Waals surface area contributed by atoms with Crippen molar-refractivity contribution in [1.29, 1.82) is 5.26 Å². The molecule has 2 rings (SSSR count). The largest absolute Gasteiger partial charge is 0.304 e. The van der Waals surface area contributed by atoms with Crippen LogP contribution in [0.3, 0.4) is 0 Å². The third-order valence-corrected chi connectivity index (χ3v) is 3.32. The molecule has 2 atom stereocenters. The summed E-state index contributed by atoms with van der Waals surface area (Å²) in [4.78, 5) is 0. The molecular formula is C17H18N2. The monoisotopic (exact) mass is 250 g/mol. The van der Waals surface area contributed by atoms with Gasteiger partial charge in [-0.3, -0.25) is 0 Å². The van der Waals surface area contributed by atoms with E-state index in [-0.39, 0.29) is 12.1 Å². The van der Waals surface area contributed by atoms with Crippen molar-refractivity contribution in [2.24, 2.45) is 0 Å². The predicted octanol–water partition coefficient (Wildman–Crippen LogP) is 3.97. The number of rotatable bonds is 4. The molecule has 2 nitrogen and oxygen atoms in total. The zero-order valence-electron chi connectivity index (χ0n) is 11.3. The van der Waals surface area contributed by atoms with E-state index in [0.717, 1.165) is 5.56 Å². The van der Waals surface area contributed by atoms with Gasteiger partial charge >= 0.3 is 0 Å². The Labute approximate surface area is 114 Å². The Kier molecular flexibility index (Phi) is 4.33. The number of nitriles is 1. The molecule has 0 aliphatic rings. The molecule has 1 unspecified atom stereocenters. The zero-order chi connectivity index (χ0) is 13.7. The molecule has 0 heterocycles. The van der Waals surface area contributed by atoms with Gasteiger partial charge in [0.2, 0.25) is 0 Å². The van der Waals surface area contributed by atoms with Crippen molar-refractivity contribution in [2.75, 3.05) is 0 Å². The summed E-state index contributed by atoms with van der Waals surface area (Å²) >= 11 is 0. The van der Waals surface area contributed by atoms with Crippen molar-refractivity contribution < 1.29 is 0 Å². The summed E-state index contributed by atoms with van der Waals surface area (Å²) in [6, 6.07) is 20.8. The smallest absolute Gasteiger partial charge is 0.0991 e. The summed E-state index contributed by atoms with van der Waals surface area (Å²) in [5.41, 5.74) is 3.12. The van der Waals surface area contributed by atoms with E-state index in [2.05, 4.69) is 55.6 Å². The average molecular weight is 250 g/mol. The Balaban J connectivity index is 2.08. The maximum absolute atomic E-state index is 8.93. The number of benzene rings is 2. The highest BCUT2D eigenvalue weighted by Crippen LogP contribution is 2.19. The molecule has 19 heavy (non-hydrogen) atoms. The van der Waals surface area contributed by atoms with Gasteiger partial charge < -0.3 is 5.32 Å². The van der Waals surface area contributed by atoms with Crippen molar-refractivity contribution in [3.05, 3.63) is 71.3 Å². The molecule has 0 aliphatic heterocycles. The lowest BCUT2D eigenvalue weighted by atomic mass is 10.0.